The molecule has 1 heterocycles. The summed E-state index contributed by atoms with van der Waals surface area (Å²) in [4.78, 5) is 4.22. The van der Waals surface area contributed by atoms with Gasteiger partial charge in [-0.1, -0.05) is 15.9 Å². The molecule has 0 aliphatic carbocycles. The zero-order valence-electron chi connectivity index (χ0n) is 9.27. The van der Waals surface area contributed by atoms with Crippen LogP contribution >= 0.6 is 15.9 Å². The SMILES string of the molecule is Nc1ccc2c(c1)ncn2-c1ccc(Br)cc1F. The molecule has 5 heteroatoms. The van der Waals surface area contributed by atoms with Crippen LogP contribution in [0.25, 0.3) is 16.7 Å². The largest absolute Gasteiger partial charge is 0.399 e. The Balaban J connectivity index is 2.25. The highest BCUT2D eigenvalue weighted by molar-refractivity contribution is 9.10. The molecule has 3 rings (SSSR count). The van der Waals surface area contributed by atoms with E-state index in [0.29, 0.717) is 15.8 Å². The number of fused-ring (bicyclic) bond motifs is 1. The molecule has 0 spiro atoms. The molecule has 0 unspecified atom stereocenters. The van der Waals surface area contributed by atoms with Crippen molar-refractivity contribution in [1.29, 1.82) is 0 Å². The summed E-state index contributed by atoms with van der Waals surface area (Å²) < 4.78 is 16.3. The molecule has 3 aromatic rings. The Morgan fingerprint density at radius 1 is 1.17 bits per heavy atom. The number of benzene rings is 2. The molecule has 2 aromatic carbocycles. The van der Waals surface area contributed by atoms with Gasteiger partial charge in [0.05, 0.1) is 16.7 Å². The molecular weight excluding hydrogens is 297 g/mol. The molecule has 0 fully saturated rings. The van der Waals surface area contributed by atoms with Crippen LogP contribution in [0.1, 0.15) is 0 Å². The normalized spacial score (nSPS) is 11.0. The van der Waals surface area contributed by atoms with Gasteiger partial charge < -0.3 is 5.73 Å². The Labute approximate surface area is 111 Å². The molecule has 0 atom stereocenters. The fourth-order valence-corrected chi connectivity index (χ4v) is 2.23. The Hall–Kier alpha value is -1.88. The minimum absolute atomic E-state index is 0.305. The third kappa shape index (κ3) is 1.76. The Bertz CT molecular complexity index is 736. The number of hydrogen-bond acceptors (Lipinski definition) is 2. The lowest BCUT2D eigenvalue weighted by atomic mass is 10.2. The summed E-state index contributed by atoms with van der Waals surface area (Å²) in [5.41, 5.74) is 8.37. The van der Waals surface area contributed by atoms with Crippen LogP contribution < -0.4 is 5.73 Å². The third-order valence-electron chi connectivity index (χ3n) is 2.74. The maximum atomic E-state index is 13.9. The number of nitrogens with zero attached hydrogens (tertiary/aromatic N) is 2. The van der Waals surface area contributed by atoms with Crippen LogP contribution in [0.4, 0.5) is 10.1 Å². The van der Waals surface area contributed by atoms with Crippen molar-refractivity contribution in [3.8, 4) is 5.69 Å². The van der Waals surface area contributed by atoms with Gasteiger partial charge in [0.25, 0.3) is 0 Å². The molecular formula is C13H9BrFN3. The van der Waals surface area contributed by atoms with E-state index >= 15 is 0 Å². The van der Waals surface area contributed by atoms with E-state index in [2.05, 4.69) is 20.9 Å². The van der Waals surface area contributed by atoms with E-state index in [0.717, 1.165) is 11.0 Å². The molecule has 0 saturated carbocycles. The van der Waals surface area contributed by atoms with Gasteiger partial charge in [-0.05, 0) is 36.4 Å². The van der Waals surface area contributed by atoms with Crippen LogP contribution in [-0.4, -0.2) is 9.55 Å². The zero-order valence-corrected chi connectivity index (χ0v) is 10.9. The molecule has 0 bridgehead atoms. The monoisotopic (exact) mass is 305 g/mol. The fraction of sp³-hybridized carbons (Fsp3) is 0. The van der Waals surface area contributed by atoms with Crippen molar-refractivity contribution in [3.05, 3.63) is 53.0 Å². The maximum absolute atomic E-state index is 13.9. The van der Waals surface area contributed by atoms with Gasteiger partial charge in [0.15, 0.2) is 0 Å². The molecule has 0 aliphatic rings. The highest BCUT2D eigenvalue weighted by atomic mass is 79.9. The van der Waals surface area contributed by atoms with Crippen molar-refractivity contribution >= 4 is 32.7 Å². The predicted molar refractivity (Wildman–Crippen MR) is 73.1 cm³/mol. The first-order chi connectivity index (χ1) is 8.65. The molecule has 2 N–H and O–H groups in total. The summed E-state index contributed by atoms with van der Waals surface area (Å²) in [5, 5.41) is 0. The molecule has 0 radical (unpaired) electrons. The molecule has 3 nitrogen and oxygen atoms in total. The Kier molecular flexibility index (Phi) is 2.56. The summed E-state index contributed by atoms with van der Waals surface area (Å²) in [6, 6.07) is 10.3. The van der Waals surface area contributed by atoms with E-state index in [1.165, 1.54) is 6.07 Å². The second-order valence-electron chi connectivity index (χ2n) is 3.96. The number of imidazole rings is 1. The molecule has 1 aromatic heterocycles. The topological polar surface area (TPSA) is 43.8 Å². The lowest BCUT2D eigenvalue weighted by Crippen LogP contribution is -1.96. The number of halogens is 2. The minimum atomic E-state index is -0.305. The first-order valence-corrected chi connectivity index (χ1v) is 6.12. The van der Waals surface area contributed by atoms with E-state index in [-0.39, 0.29) is 5.82 Å². The van der Waals surface area contributed by atoms with Crippen LogP contribution in [0.15, 0.2) is 47.2 Å². The number of nitrogen functional groups attached to an aromatic ring is 1. The maximum Gasteiger partial charge on any atom is 0.148 e. The zero-order chi connectivity index (χ0) is 12.7. The molecule has 18 heavy (non-hydrogen) atoms. The van der Waals surface area contributed by atoms with E-state index in [9.17, 15) is 4.39 Å². The number of rotatable bonds is 1. The van der Waals surface area contributed by atoms with Crippen LogP contribution in [0.5, 0.6) is 0 Å². The van der Waals surface area contributed by atoms with Crippen molar-refractivity contribution in [1.82, 2.24) is 9.55 Å². The first-order valence-electron chi connectivity index (χ1n) is 5.33. The highest BCUT2D eigenvalue weighted by Crippen LogP contribution is 2.24. The predicted octanol–water partition coefficient (Wildman–Crippen LogP) is 3.51. The lowest BCUT2D eigenvalue weighted by Gasteiger charge is -2.06. The molecule has 0 amide bonds. The lowest BCUT2D eigenvalue weighted by molar-refractivity contribution is 0.618. The van der Waals surface area contributed by atoms with Gasteiger partial charge in [-0.15, -0.1) is 0 Å². The Morgan fingerprint density at radius 2 is 2.00 bits per heavy atom. The number of anilines is 1. The number of nitrogens with two attached hydrogens (primary N) is 1. The summed E-state index contributed by atoms with van der Waals surface area (Å²) in [6.07, 6.45) is 1.59. The highest BCUT2D eigenvalue weighted by Gasteiger charge is 2.09. The van der Waals surface area contributed by atoms with E-state index in [4.69, 9.17) is 5.73 Å². The van der Waals surface area contributed by atoms with Gasteiger partial charge >= 0.3 is 0 Å². The quantitative estimate of drug-likeness (QED) is 0.699. The van der Waals surface area contributed by atoms with Crippen LogP contribution in [-0.2, 0) is 0 Å². The summed E-state index contributed by atoms with van der Waals surface area (Å²) in [7, 11) is 0. The molecule has 0 saturated heterocycles. The second kappa shape index (κ2) is 4.10. The average molecular weight is 306 g/mol. The van der Waals surface area contributed by atoms with Crippen molar-refractivity contribution in [3.63, 3.8) is 0 Å². The molecule has 90 valence electrons. The van der Waals surface area contributed by atoms with E-state index in [1.807, 2.05) is 6.07 Å². The minimum Gasteiger partial charge on any atom is -0.399 e. The standard InChI is InChI=1S/C13H9BrFN3/c14-8-1-3-12(10(15)5-8)18-7-17-11-6-9(16)2-4-13(11)18/h1-7H,16H2. The summed E-state index contributed by atoms with van der Waals surface area (Å²) in [5.74, 6) is -0.305. The van der Waals surface area contributed by atoms with Crippen LogP contribution in [0.2, 0.25) is 0 Å². The first kappa shape index (κ1) is 11.2. The average Bonchev–Trinajstić information content (AvgIpc) is 2.72. The Morgan fingerprint density at radius 3 is 2.78 bits per heavy atom. The van der Waals surface area contributed by atoms with Crippen molar-refractivity contribution in [2.75, 3.05) is 5.73 Å². The second-order valence-corrected chi connectivity index (χ2v) is 4.87. The number of aromatic nitrogens is 2. The summed E-state index contributed by atoms with van der Waals surface area (Å²) in [6.45, 7) is 0. The van der Waals surface area contributed by atoms with Gasteiger partial charge in [-0.25, -0.2) is 9.37 Å². The summed E-state index contributed by atoms with van der Waals surface area (Å²) >= 11 is 3.24. The van der Waals surface area contributed by atoms with Crippen molar-refractivity contribution < 1.29 is 4.39 Å². The number of hydrogen-bond donors (Lipinski definition) is 1. The third-order valence-corrected chi connectivity index (χ3v) is 3.23. The van der Waals surface area contributed by atoms with Crippen LogP contribution in [0.3, 0.4) is 0 Å². The van der Waals surface area contributed by atoms with Crippen molar-refractivity contribution in [2.24, 2.45) is 0 Å². The van der Waals surface area contributed by atoms with E-state index in [1.54, 1.807) is 35.2 Å². The van der Waals surface area contributed by atoms with Crippen molar-refractivity contribution in [2.45, 2.75) is 0 Å². The smallest absolute Gasteiger partial charge is 0.148 e. The van der Waals surface area contributed by atoms with Gasteiger partial charge in [0.1, 0.15) is 12.1 Å². The van der Waals surface area contributed by atoms with Gasteiger partial charge in [0.2, 0.25) is 0 Å². The van der Waals surface area contributed by atoms with Gasteiger partial charge in [-0.2, -0.15) is 0 Å². The van der Waals surface area contributed by atoms with Crippen LogP contribution in [0, 0.1) is 5.82 Å². The van der Waals surface area contributed by atoms with Gasteiger partial charge in [-0.3, -0.25) is 4.57 Å². The molecule has 0 aliphatic heterocycles. The fourth-order valence-electron chi connectivity index (χ4n) is 1.90. The van der Waals surface area contributed by atoms with E-state index < -0.39 is 0 Å². The van der Waals surface area contributed by atoms with Gasteiger partial charge in [0, 0.05) is 10.2 Å².